The molecule has 0 aliphatic carbocycles. The molecule has 1 aliphatic rings. The van der Waals surface area contributed by atoms with E-state index in [0.29, 0.717) is 12.0 Å². The Morgan fingerprint density at radius 1 is 1.24 bits per heavy atom. The normalized spacial score (nSPS) is 16.8. The molecule has 7 nitrogen and oxygen atoms in total. The van der Waals surface area contributed by atoms with Crippen molar-refractivity contribution in [2.75, 3.05) is 25.5 Å². The summed E-state index contributed by atoms with van der Waals surface area (Å²) in [6.07, 6.45) is 6.11. The van der Waals surface area contributed by atoms with Crippen molar-refractivity contribution in [3.63, 3.8) is 0 Å². The molecule has 3 aromatic heterocycles. The van der Waals surface area contributed by atoms with Crippen molar-refractivity contribution < 1.29 is 4.74 Å². The molecule has 4 heterocycles. The van der Waals surface area contributed by atoms with Crippen LogP contribution in [0.1, 0.15) is 12.8 Å². The molecule has 4 aromatic rings. The molecule has 0 saturated carbocycles. The lowest BCUT2D eigenvalue weighted by atomic mass is 10.1. The second-order valence-corrected chi connectivity index (χ2v) is 7.89. The molecular weight excluding hydrogens is 384 g/mol. The zero-order valence-corrected chi connectivity index (χ0v) is 16.9. The van der Waals surface area contributed by atoms with E-state index in [0.717, 1.165) is 59.3 Å². The van der Waals surface area contributed by atoms with Gasteiger partial charge in [-0.15, -0.1) is 11.3 Å². The van der Waals surface area contributed by atoms with Crippen LogP contribution in [0.4, 0.5) is 5.95 Å². The van der Waals surface area contributed by atoms with Gasteiger partial charge in [-0.2, -0.15) is 0 Å². The van der Waals surface area contributed by atoms with Crippen LogP contribution in [-0.4, -0.2) is 45.6 Å². The average Bonchev–Trinajstić information content (AvgIpc) is 3.36. The molecule has 29 heavy (non-hydrogen) atoms. The molecule has 1 atom stereocenters. The van der Waals surface area contributed by atoms with E-state index in [2.05, 4.69) is 20.0 Å². The van der Waals surface area contributed by atoms with E-state index < -0.39 is 0 Å². The summed E-state index contributed by atoms with van der Waals surface area (Å²) in [5.41, 5.74) is 3.58. The number of anilines is 1. The van der Waals surface area contributed by atoms with Crippen LogP contribution in [0, 0.1) is 0 Å². The highest BCUT2D eigenvalue weighted by atomic mass is 32.1. The first-order valence-electron chi connectivity index (χ1n) is 9.73. The van der Waals surface area contributed by atoms with E-state index in [1.165, 1.54) is 0 Å². The fraction of sp³-hybridized carbons (Fsp3) is 0.286. The van der Waals surface area contributed by atoms with E-state index in [9.17, 15) is 0 Å². The van der Waals surface area contributed by atoms with Crippen LogP contribution in [0.3, 0.4) is 0 Å². The van der Waals surface area contributed by atoms with Gasteiger partial charge in [-0.3, -0.25) is 4.40 Å². The predicted molar refractivity (Wildman–Crippen MR) is 116 cm³/mol. The van der Waals surface area contributed by atoms with Gasteiger partial charge in [-0.1, -0.05) is 12.1 Å². The maximum absolute atomic E-state index is 5.59. The van der Waals surface area contributed by atoms with Crippen molar-refractivity contribution in [2.24, 2.45) is 0 Å². The van der Waals surface area contributed by atoms with Gasteiger partial charge in [0.15, 0.2) is 4.96 Å². The van der Waals surface area contributed by atoms with Crippen LogP contribution in [0.2, 0.25) is 0 Å². The van der Waals surface area contributed by atoms with Gasteiger partial charge in [0.1, 0.15) is 17.1 Å². The molecule has 1 saturated heterocycles. The third kappa shape index (κ3) is 3.45. The number of ether oxygens (including phenoxy) is 1. The highest BCUT2D eigenvalue weighted by Gasteiger charge is 2.21. The second-order valence-electron chi connectivity index (χ2n) is 7.02. The molecule has 1 unspecified atom stereocenters. The van der Waals surface area contributed by atoms with Crippen molar-refractivity contribution in [2.45, 2.75) is 18.9 Å². The molecule has 1 aliphatic heterocycles. The van der Waals surface area contributed by atoms with Gasteiger partial charge in [-0.25, -0.2) is 15.0 Å². The Balaban J connectivity index is 1.60. The number of aromatic nitrogens is 4. The lowest BCUT2D eigenvalue weighted by Crippen LogP contribution is -2.38. The summed E-state index contributed by atoms with van der Waals surface area (Å²) in [4.78, 5) is 15.1. The predicted octanol–water partition coefficient (Wildman–Crippen LogP) is 3.69. The van der Waals surface area contributed by atoms with Crippen LogP contribution >= 0.6 is 11.3 Å². The largest absolute Gasteiger partial charge is 0.496 e. The topological polar surface area (TPSA) is 76.4 Å². The molecule has 2 N–H and O–H groups in total. The van der Waals surface area contributed by atoms with Gasteiger partial charge in [0.05, 0.1) is 12.8 Å². The van der Waals surface area contributed by atoms with Crippen LogP contribution in [0.15, 0.2) is 48.1 Å². The maximum atomic E-state index is 5.59. The van der Waals surface area contributed by atoms with Gasteiger partial charge in [0.25, 0.3) is 0 Å². The number of hydrogen-bond donors (Lipinski definition) is 2. The lowest BCUT2D eigenvalue weighted by Gasteiger charge is -2.23. The standard InChI is InChI=1S/C21H22N6OS/c1-28-17-7-3-2-6-15(17)18-19(27-11-12-29-21(27)26-18)16-8-10-23-20(25-16)24-14-5-4-9-22-13-14/h2-3,6-8,10-12,14,22H,4-5,9,13H2,1H3,(H,23,24,25). The fourth-order valence-corrected chi connectivity index (χ4v) is 4.49. The summed E-state index contributed by atoms with van der Waals surface area (Å²) < 4.78 is 7.67. The Bertz CT molecular complexity index is 1130. The first-order valence-corrected chi connectivity index (χ1v) is 10.6. The van der Waals surface area contributed by atoms with Crippen LogP contribution < -0.4 is 15.4 Å². The van der Waals surface area contributed by atoms with E-state index in [-0.39, 0.29) is 0 Å². The summed E-state index contributed by atoms with van der Waals surface area (Å²) >= 11 is 1.60. The smallest absolute Gasteiger partial charge is 0.223 e. The van der Waals surface area contributed by atoms with E-state index in [1.54, 1.807) is 24.6 Å². The van der Waals surface area contributed by atoms with Crippen LogP contribution in [0.25, 0.3) is 27.6 Å². The first kappa shape index (κ1) is 18.1. The average molecular weight is 407 g/mol. The number of fused-ring (bicyclic) bond motifs is 1. The van der Waals surface area contributed by atoms with Crippen molar-refractivity contribution >= 4 is 22.2 Å². The minimum atomic E-state index is 0.347. The quantitative estimate of drug-likeness (QED) is 0.526. The van der Waals surface area contributed by atoms with E-state index in [4.69, 9.17) is 14.7 Å². The van der Waals surface area contributed by atoms with Crippen molar-refractivity contribution in [3.8, 4) is 28.4 Å². The molecule has 0 spiro atoms. The Kier molecular flexibility index (Phi) is 4.87. The number of piperidine rings is 1. The minimum Gasteiger partial charge on any atom is -0.496 e. The number of benzene rings is 1. The second kappa shape index (κ2) is 7.81. The number of hydrogen-bond acceptors (Lipinski definition) is 7. The summed E-state index contributed by atoms with van der Waals surface area (Å²) in [5, 5.41) is 8.92. The maximum Gasteiger partial charge on any atom is 0.223 e. The molecule has 0 radical (unpaired) electrons. The summed E-state index contributed by atoms with van der Waals surface area (Å²) in [6.45, 7) is 2.01. The van der Waals surface area contributed by atoms with Gasteiger partial charge in [-0.05, 0) is 37.6 Å². The molecule has 1 fully saturated rings. The highest BCUT2D eigenvalue weighted by Crippen LogP contribution is 2.37. The van der Waals surface area contributed by atoms with Gasteiger partial charge in [0, 0.05) is 35.9 Å². The molecular formula is C21H22N6OS. The Morgan fingerprint density at radius 2 is 2.17 bits per heavy atom. The molecule has 8 heteroatoms. The Morgan fingerprint density at radius 3 is 3.03 bits per heavy atom. The van der Waals surface area contributed by atoms with E-state index >= 15 is 0 Å². The summed E-state index contributed by atoms with van der Waals surface area (Å²) in [6, 6.07) is 10.2. The number of nitrogens with one attached hydrogen (secondary N) is 2. The zero-order valence-electron chi connectivity index (χ0n) is 16.1. The molecule has 1 aromatic carbocycles. The lowest BCUT2D eigenvalue weighted by molar-refractivity contribution is 0.416. The zero-order chi connectivity index (χ0) is 19.6. The van der Waals surface area contributed by atoms with Crippen molar-refractivity contribution in [1.82, 2.24) is 24.7 Å². The molecule has 0 bridgehead atoms. The Labute approximate surface area is 172 Å². The number of para-hydroxylation sites is 1. The number of methoxy groups -OCH3 is 1. The Hall–Kier alpha value is -2.97. The minimum absolute atomic E-state index is 0.347. The number of rotatable bonds is 5. The van der Waals surface area contributed by atoms with Crippen molar-refractivity contribution in [1.29, 1.82) is 0 Å². The molecule has 0 amide bonds. The molecule has 148 valence electrons. The summed E-state index contributed by atoms with van der Waals surface area (Å²) in [7, 11) is 1.68. The van der Waals surface area contributed by atoms with E-state index in [1.807, 2.05) is 41.9 Å². The number of imidazole rings is 1. The number of thiazole rings is 1. The summed E-state index contributed by atoms with van der Waals surface area (Å²) in [5.74, 6) is 1.44. The van der Waals surface area contributed by atoms with Crippen molar-refractivity contribution in [3.05, 3.63) is 48.1 Å². The third-order valence-electron chi connectivity index (χ3n) is 5.15. The van der Waals surface area contributed by atoms with Gasteiger partial charge >= 0.3 is 0 Å². The fourth-order valence-electron chi connectivity index (χ4n) is 3.78. The van der Waals surface area contributed by atoms with Crippen LogP contribution in [-0.2, 0) is 0 Å². The highest BCUT2D eigenvalue weighted by molar-refractivity contribution is 7.15. The third-order valence-corrected chi connectivity index (χ3v) is 5.91. The van der Waals surface area contributed by atoms with Gasteiger partial charge in [0.2, 0.25) is 5.95 Å². The molecule has 5 rings (SSSR count). The van der Waals surface area contributed by atoms with Gasteiger partial charge < -0.3 is 15.4 Å². The SMILES string of the molecule is COc1ccccc1-c1nc2sccn2c1-c1ccnc(NC2CCCNC2)n1. The first-order chi connectivity index (χ1) is 14.3. The van der Waals surface area contributed by atoms with Crippen LogP contribution in [0.5, 0.6) is 5.75 Å². The monoisotopic (exact) mass is 406 g/mol. The number of nitrogens with zero attached hydrogens (tertiary/aromatic N) is 4.